The van der Waals surface area contributed by atoms with Crippen LogP contribution in [0.1, 0.15) is 27.9 Å². The first kappa shape index (κ1) is 9.39. The molecule has 0 saturated carbocycles. The maximum absolute atomic E-state index is 11.6. The second kappa shape index (κ2) is 3.07. The Hall–Kier alpha value is -1.84. The molecule has 0 spiro atoms. The van der Waals surface area contributed by atoms with Crippen molar-refractivity contribution in [2.45, 2.75) is 19.3 Å². The normalized spacial score (nSPS) is 17.5. The number of carboxylic acids is 1. The lowest BCUT2D eigenvalue weighted by Crippen LogP contribution is -2.32. The summed E-state index contributed by atoms with van der Waals surface area (Å²) < 4.78 is 0. The molecule has 2 aliphatic rings. The van der Waals surface area contributed by atoms with Gasteiger partial charge in [-0.3, -0.25) is 4.79 Å². The SMILES string of the molecule is O=C(O)c1cc2c3c(c1)CCN3C(=O)CC2. The summed E-state index contributed by atoms with van der Waals surface area (Å²) in [7, 11) is 0. The van der Waals surface area contributed by atoms with Crippen molar-refractivity contribution in [1.82, 2.24) is 0 Å². The minimum Gasteiger partial charge on any atom is -0.478 e. The van der Waals surface area contributed by atoms with Crippen molar-refractivity contribution in [1.29, 1.82) is 0 Å². The van der Waals surface area contributed by atoms with Gasteiger partial charge in [0.15, 0.2) is 0 Å². The summed E-state index contributed by atoms with van der Waals surface area (Å²) in [5.74, 6) is -0.733. The molecule has 2 heterocycles. The number of hydrogen-bond donors (Lipinski definition) is 1. The van der Waals surface area contributed by atoms with E-state index in [0.29, 0.717) is 24.9 Å². The van der Waals surface area contributed by atoms with Crippen molar-refractivity contribution >= 4 is 17.6 Å². The molecule has 1 aromatic rings. The zero-order valence-electron chi connectivity index (χ0n) is 8.69. The van der Waals surface area contributed by atoms with Gasteiger partial charge in [0.25, 0.3) is 0 Å². The topological polar surface area (TPSA) is 57.6 Å². The van der Waals surface area contributed by atoms with Crippen LogP contribution in [-0.4, -0.2) is 23.5 Å². The van der Waals surface area contributed by atoms with Gasteiger partial charge in [-0.15, -0.1) is 0 Å². The number of anilines is 1. The Labute approximate surface area is 92.5 Å². The summed E-state index contributed by atoms with van der Waals surface area (Å²) in [5.41, 5.74) is 3.32. The molecule has 4 heteroatoms. The van der Waals surface area contributed by atoms with E-state index in [1.165, 1.54) is 0 Å². The van der Waals surface area contributed by atoms with Crippen LogP contribution in [0.25, 0.3) is 0 Å². The third-order valence-electron chi connectivity index (χ3n) is 3.30. The quantitative estimate of drug-likeness (QED) is 0.769. The number of carbonyl (C=O) groups is 2. The summed E-state index contributed by atoms with van der Waals surface area (Å²) >= 11 is 0. The number of amides is 1. The molecule has 82 valence electrons. The maximum atomic E-state index is 11.6. The van der Waals surface area contributed by atoms with Gasteiger partial charge in [-0.25, -0.2) is 4.79 Å². The highest BCUT2D eigenvalue weighted by atomic mass is 16.4. The predicted molar refractivity (Wildman–Crippen MR) is 57.8 cm³/mol. The molecule has 0 unspecified atom stereocenters. The number of carbonyl (C=O) groups excluding carboxylic acids is 1. The Morgan fingerprint density at radius 2 is 1.88 bits per heavy atom. The van der Waals surface area contributed by atoms with Crippen LogP contribution < -0.4 is 4.90 Å². The fraction of sp³-hybridized carbons (Fsp3) is 0.333. The number of hydrogen-bond acceptors (Lipinski definition) is 2. The highest BCUT2D eigenvalue weighted by Gasteiger charge is 2.31. The van der Waals surface area contributed by atoms with E-state index in [1.54, 1.807) is 17.0 Å². The van der Waals surface area contributed by atoms with E-state index in [1.807, 2.05) is 0 Å². The van der Waals surface area contributed by atoms with Gasteiger partial charge in [-0.05, 0) is 36.1 Å². The number of nitrogens with zero attached hydrogens (tertiary/aromatic N) is 1. The molecule has 0 fully saturated rings. The van der Waals surface area contributed by atoms with E-state index < -0.39 is 5.97 Å². The zero-order valence-corrected chi connectivity index (χ0v) is 8.69. The molecule has 0 saturated heterocycles. The predicted octanol–water partition coefficient (Wildman–Crippen LogP) is 1.22. The molecule has 0 radical (unpaired) electrons. The summed E-state index contributed by atoms with van der Waals surface area (Å²) in [6, 6.07) is 3.39. The van der Waals surface area contributed by atoms with Crippen molar-refractivity contribution in [3.8, 4) is 0 Å². The van der Waals surface area contributed by atoms with Gasteiger partial charge in [0.2, 0.25) is 5.91 Å². The fourth-order valence-electron chi connectivity index (χ4n) is 2.58. The van der Waals surface area contributed by atoms with Gasteiger partial charge < -0.3 is 10.0 Å². The van der Waals surface area contributed by atoms with E-state index in [0.717, 1.165) is 23.2 Å². The molecular formula is C12H11NO3. The fourth-order valence-corrected chi connectivity index (χ4v) is 2.58. The van der Waals surface area contributed by atoms with Crippen molar-refractivity contribution in [2.75, 3.05) is 11.4 Å². The lowest BCUT2D eigenvalue weighted by atomic mass is 9.97. The number of carboxylic acid groups (broad SMARTS) is 1. The average molecular weight is 217 g/mol. The lowest BCUT2D eigenvalue weighted by Gasteiger charge is -2.25. The van der Waals surface area contributed by atoms with Gasteiger partial charge in [0.1, 0.15) is 0 Å². The molecule has 0 aliphatic carbocycles. The molecule has 0 bridgehead atoms. The third-order valence-corrected chi connectivity index (χ3v) is 3.30. The largest absolute Gasteiger partial charge is 0.478 e. The summed E-state index contributed by atoms with van der Waals surface area (Å²) in [4.78, 5) is 24.4. The van der Waals surface area contributed by atoms with Crippen molar-refractivity contribution in [3.05, 3.63) is 28.8 Å². The summed E-state index contributed by atoms with van der Waals surface area (Å²) in [5, 5.41) is 8.99. The molecule has 0 atom stereocenters. The van der Waals surface area contributed by atoms with E-state index in [4.69, 9.17) is 5.11 Å². The third kappa shape index (κ3) is 1.16. The zero-order chi connectivity index (χ0) is 11.3. The Balaban J connectivity index is 2.20. The second-order valence-electron chi connectivity index (χ2n) is 4.24. The van der Waals surface area contributed by atoms with Crippen LogP contribution in [0.4, 0.5) is 5.69 Å². The number of benzene rings is 1. The van der Waals surface area contributed by atoms with Crippen molar-refractivity contribution < 1.29 is 14.7 Å². The minimum absolute atomic E-state index is 0.161. The highest BCUT2D eigenvalue weighted by Crippen LogP contribution is 2.37. The standard InChI is InChI=1S/C12H11NO3/c14-10-2-1-7-5-9(12(15)16)6-8-3-4-13(10)11(7)8/h5-6H,1-4H2,(H,15,16). The molecule has 0 aromatic heterocycles. The minimum atomic E-state index is -0.894. The second-order valence-corrected chi connectivity index (χ2v) is 4.24. The highest BCUT2D eigenvalue weighted by molar-refractivity contribution is 6.00. The van der Waals surface area contributed by atoms with Gasteiger partial charge in [0.05, 0.1) is 11.3 Å². The van der Waals surface area contributed by atoms with Crippen LogP contribution in [-0.2, 0) is 17.6 Å². The van der Waals surface area contributed by atoms with Crippen molar-refractivity contribution in [3.63, 3.8) is 0 Å². The number of aryl methyl sites for hydroxylation is 1. The number of rotatable bonds is 1. The Kier molecular flexibility index (Phi) is 1.80. The van der Waals surface area contributed by atoms with Gasteiger partial charge in [-0.2, -0.15) is 0 Å². The van der Waals surface area contributed by atoms with Gasteiger partial charge in [0, 0.05) is 13.0 Å². The van der Waals surface area contributed by atoms with Crippen LogP contribution in [0, 0.1) is 0 Å². The van der Waals surface area contributed by atoms with E-state index >= 15 is 0 Å². The monoisotopic (exact) mass is 217 g/mol. The summed E-state index contributed by atoms with van der Waals surface area (Å²) in [6.07, 6.45) is 1.93. The van der Waals surface area contributed by atoms with Crippen LogP contribution >= 0.6 is 0 Å². The first-order valence-electron chi connectivity index (χ1n) is 5.36. The maximum Gasteiger partial charge on any atom is 0.335 e. The van der Waals surface area contributed by atoms with E-state index in [-0.39, 0.29) is 5.91 Å². The van der Waals surface area contributed by atoms with E-state index in [9.17, 15) is 9.59 Å². The Morgan fingerprint density at radius 1 is 1.19 bits per heavy atom. The molecule has 2 aliphatic heterocycles. The van der Waals surface area contributed by atoms with Crippen molar-refractivity contribution in [2.24, 2.45) is 0 Å². The molecule has 16 heavy (non-hydrogen) atoms. The summed E-state index contributed by atoms with van der Waals surface area (Å²) in [6.45, 7) is 0.699. The molecule has 3 rings (SSSR count). The van der Waals surface area contributed by atoms with E-state index in [2.05, 4.69) is 0 Å². The van der Waals surface area contributed by atoms with Crippen LogP contribution in [0.3, 0.4) is 0 Å². The molecule has 4 nitrogen and oxygen atoms in total. The Bertz CT molecular complexity index is 507. The van der Waals surface area contributed by atoms with Crippen LogP contribution in [0.15, 0.2) is 12.1 Å². The molecular weight excluding hydrogens is 206 g/mol. The average Bonchev–Trinajstić information content (AvgIpc) is 2.68. The number of aromatic carboxylic acids is 1. The van der Waals surface area contributed by atoms with Crippen LogP contribution in [0.5, 0.6) is 0 Å². The van der Waals surface area contributed by atoms with Gasteiger partial charge >= 0.3 is 5.97 Å². The first-order chi connectivity index (χ1) is 7.66. The van der Waals surface area contributed by atoms with Crippen LogP contribution in [0.2, 0.25) is 0 Å². The lowest BCUT2D eigenvalue weighted by molar-refractivity contribution is -0.118. The molecule has 1 N–H and O–H groups in total. The Morgan fingerprint density at radius 3 is 2.56 bits per heavy atom. The first-order valence-corrected chi connectivity index (χ1v) is 5.36. The molecule has 1 aromatic carbocycles. The van der Waals surface area contributed by atoms with Gasteiger partial charge in [-0.1, -0.05) is 0 Å². The smallest absolute Gasteiger partial charge is 0.335 e. The molecule has 1 amide bonds.